The number of aromatic nitrogens is 3. The molecule has 1 aliphatic rings. The molecule has 0 saturated heterocycles. The van der Waals surface area contributed by atoms with E-state index in [9.17, 15) is 9.59 Å². The van der Waals surface area contributed by atoms with E-state index >= 15 is 0 Å². The highest BCUT2D eigenvalue weighted by molar-refractivity contribution is 6.04. The number of imidazole rings is 1. The fraction of sp³-hybridized carbons (Fsp3) is 0.259. The van der Waals surface area contributed by atoms with Crippen LogP contribution in [-0.2, 0) is 0 Å². The van der Waals surface area contributed by atoms with Gasteiger partial charge >= 0.3 is 0 Å². The lowest BCUT2D eigenvalue weighted by atomic mass is 9.86. The fourth-order valence-electron chi connectivity index (χ4n) is 4.47. The number of carbonyl (C=O) groups excluding carboxylic acids is 2. The molecule has 5 rings (SSSR count). The third kappa shape index (κ3) is 4.69. The molecule has 1 fully saturated rings. The van der Waals surface area contributed by atoms with Gasteiger partial charge in [0.15, 0.2) is 0 Å². The fourth-order valence-corrected chi connectivity index (χ4v) is 4.47. The lowest BCUT2D eigenvalue weighted by Gasteiger charge is -2.29. The first-order valence-corrected chi connectivity index (χ1v) is 11.7. The number of fused-ring (bicyclic) bond motifs is 1. The van der Waals surface area contributed by atoms with Crippen LogP contribution in [0.5, 0.6) is 0 Å². The summed E-state index contributed by atoms with van der Waals surface area (Å²) >= 11 is 0. The number of benzene rings is 2. The summed E-state index contributed by atoms with van der Waals surface area (Å²) in [5.41, 5.74) is 3.60. The average Bonchev–Trinajstić information content (AvgIpc) is 3.30. The van der Waals surface area contributed by atoms with Gasteiger partial charge in [0, 0.05) is 28.9 Å². The van der Waals surface area contributed by atoms with Crippen LogP contribution in [0.15, 0.2) is 66.9 Å². The molecule has 0 radical (unpaired) electrons. The second kappa shape index (κ2) is 9.47. The minimum atomic E-state index is -0.224. The predicted octanol–water partition coefficient (Wildman–Crippen LogP) is 5.19. The summed E-state index contributed by atoms with van der Waals surface area (Å²) < 4.78 is 0. The van der Waals surface area contributed by atoms with Crippen LogP contribution < -0.4 is 10.6 Å². The third-order valence-electron chi connectivity index (χ3n) is 6.50. The summed E-state index contributed by atoms with van der Waals surface area (Å²) in [6, 6.07) is 18.3. The molecule has 172 valence electrons. The molecular weight excluding hydrogens is 426 g/mol. The van der Waals surface area contributed by atoms with Crippen LogP contribution in [0.2, 0.25) is 0 Å². The number of hydrogen-bond donors (Lipinski definition) is 3. The highest BCUT2D eigenvalue weighted by Gasteiger charge is 2.23. The van der Waals surface area contributed by atoms with E-state index < -0.39 is 0 Å². The average molecular weight is 454 g/mol. The van der Waals surface area contributed by atoms with Crippen LogP contribution in [0.1, 0.15) is 53.3 Å². The largest absolute Gasteiger partial charge is 0.349 e. The normalized spacial score (nSPS) is 17.9. The van der Waals surface area contributed by atoms with Crippen molar-refractivity contribution in [1.29, 1.82) is 0 Å². The topological polar surface area (TPSA) is 99.8 Å². The molecule has 0 aliphatic heterocycles. The van der Waals surface area contributed by atoms with Crippen LogP contribution in [-0.4, -0.2) is 32.8 Å². The minimum absolute atomic E-state index is 0.0416. The Morgan fingerprint density at radius 1 is 0.941 bits per heavy atom. The van der Waals surface area contributed by atoms with E-state index in [0.717, 1.165) is 29.4 Å². The zero-order valence-corrected chi connectivity index (χ0v) is 19.0. The summed E-state index contributed by atoms with van der Waals surface area (Å²) in [5.74, 6) is 1.43. The first kappa shape index (κ1) is 21.8. The summed E-state index contributed by atoms with van der Waals surface area (Å²) in [6.07, 6.45) is 6.25. The maximum absolute atomic E-state index is 12.8. The summed E-state index contributed by atoms with van der Waals surface area (Å²) in [4.78, 5) is 37.4. The molecule has 2 aromatic heterocycles. The number of pyridine rings is 1. The van der Waals surface area contributed by atoms with Crippen molar-refractivity contribution in [2.45, 2.75) is 38.6 Å². The van der Waals surface area contributed by atoms with Crippen LogP contribution in [0.3, 0.4) is 0 Å². The number of H-pyrrole nitrogens is 1. The van der Waals surface area contributed by atoms with E-state index in [1.807, 2.05) is 36.4 Å². The number of rotatable bonds is 5. The monoisotopic (exact) mass is 453 g/mol. The Hall–Kier alpha value is -4.00. The Balaban J connectivity index is 1.30. The van der Waals surface area contributed by atoms with Gasteiger partial charge in [0.1, 0.15) is 11.6 Å². The van der Waals surface area contributed by atoms with Crippen molar-refractivity contribution < 1.29 is 9.59 Å². The van der Waals surface area contributed by atoms with Gasteiger partial charge in [-0.25, -0.2) is 9.97 Å². The van der Waals surface area contributed by atoms with Gasteiger partial charge in [-0.1, -0.05) is 38.0 Å². The van der Waals surface area contributed by atoms with Gasteiger partial charge < -0.3 is 15.6 Å². The minimum Gasteiger partial charge on any atom is -0.349 e. The Morgan fingerprint density at radius 3 is 2.50 bits per heavy atom. The molecule has 7 heteroatoms. The van der Waals surface area contributed by atoms with Gasteiger partial charge in [0.2, 0.25) is 0 Å². The van der Waals surface area contributed by atoms with E-state index in [2.05, 4.69) is 32.5 Å². The van der Waals surface area contributed by atoms with Crippen LogP contribution >= 0.6 is 0 Å². The second-order valence-electron chi connectivity index (χ2n) is 8.91. The van der Waals surface area contributed by atoms with Gasteiger partial charge in [-0.2, -0.15) is 0 Å². The Morgan fingerprint density at radius 2 is 1.74 bits per heavy atom. The van der Waals surface area contributed by atoms with Crippen molar-refractivity contribution in [2.24, 2.45) is 5.92 Å². The molecule has 2 atom stereocenters. The molecule has 2 aromatic carbocycles. The van der Waals surface area contributed by atoms with E-state index in [1.54, 1.807) is 30.5 Å². The Labute approximate surface area is 198 Å². The van der Waals surface area contributed by atoms with Gasteiger partial charge in [0.05, 0.1) is 11.0 Å². The van der Waals surface area contributed by atoms with E-state index in [1.165, 1.54) is 12.8 Å². The van der Waals surface area contributed by atoms with Crippen molar-refractivity contribution in [3.8, 4) is 11.4 Å². The van der Waals surface area contributed by atoms with Crippen molar-refractivity contribution in [2.75, 3.05) is 5.32 Å². The maximum atomic E-state index is 12.8. The number of nitrogens with one attached hydrogen (secondary N) is 3. The van der Waals surface area contributed by atoms with Gasteiger partial charge in [0.25, 0.3) is 11.8 Å². The standard InChI is InChI=1S/C27H27N5O2/c1-17-6-2-3-7-21(17)31-27(34)20-13-14-22-23(16-20)30-25(29-22)18-9-11-19(12-10-18)26(33)32-24-8-4-5-15-28-24/h4-5,8-17,21H,2-3,6-7H2,1H3,(H,29,30)(H,31,34)(H,28,32,33). The summed E-state index contributed by atoms with van der Waals surface area (Å²) in [5, 5.41) is 5.98. The molecule has 1 saturated carbocycles. The lowest BCUT2D eigenvalue weighted by molar-refractivity contribution is 0.0910. The van der Waals surface area contributed by atoms with Crippen LogP contribution in [0.4, 0.5) is 5.82 Å². The zero-order valence-electron chi connectivity index (χ0n) is 19.0. The highest BCUT2D eigenvalue weighted by atomic mass is 16.2. The number of carbonyl (C=O) groups is 2. The number of nitrogens with zero attached hydrogens (tertiary/aromatic N) is 2. The molecule has 0 bridgehead atoms. The molecule has 3 N–H and O–H groups in total. The van der Waals surface area contributed by atoms with E-state index in [-0.39, 0.29) is 17.9 Å². The number of amides is 2. The number of hydrogen-bond acceptors (Lipinski definition) is 4. The molecule has 4 aromatic rings. The SMILES string of the molecule is CC1CCCCC1NC(=O)c1ccc2nc(-c3ccc(C(=O)Nc4ccccn4)cc3)[nH]c2c1. The number of anilines is 1. The molecule has 1 aliphatic carbocycles. The van der Waals surface area contributed by atoms with Crippen LogP contribution in [0.25, 0.3) is 22.4 Å². The van der Waals surface area contributed by atoms with E-state index in [0.29, 0.717) is 28.7 Å². The zero-order chi connectivity index (χ0) is 23.5. The molecule has 34 heavy (non-hydrogen) atoms. The molecule has 2 amide bonds. The summed E-state index contributed by atoms with van der Waals surface area (Å²) in [6.45, 7) is 2.21. The third-order valence-corrected chi connectivity index (χ3v) is 6.50. The Bertz CT molecular complexity index is 1310. The van der Waals surface area contributed by atoms with Gasteiger partial charge in [-0.3, -0.25) is 9.59 Å². The predicted molar refractivity (Wildman–Crippen MR) is 133 cm³/mol. The van der Waals surface area contributed by atoms with Crippen molar-refractivity contribution in [3.63, 3.8) is 0 Å². The van der Waals surface area contributed by atoms with Crippen molar-refractivity contribution >= 4 is 28.7 Å². The molecular formula is C27H27N5O2. The highest BCUT2D eigenvalue weighted by Crippen LogP contribution is 2.25. The lowest BCUT2D eigenvalue weighted by Crippen LogP contribution is -2.41. The second-order valence-corrected chi connectivity index (χ2v) is 8.91. The van der Waals surface area contributed by atoms with Crippen molar-refractivity contribution in [1.82, 2.24) is 20.3 Å². The molecule has 0 spiro atoms. The van der Waals surface area contributed by atoms with Crippen molar-refractivity contribution in [3.05, 3.63) is 78.0 Å². The molecule has 2 heterocycles. The first-order valence-electron chi connectivity index (χ1n) is 11.7. The molecule has 2 unspecified atom stereocenters. The first-order chi connectivity index (χ1) is 16.6. The van der Waals surface area contributed by atoms with Gasteiger partial charge in [-0.15, -0.1) is 0 Å². The smallest absolute Gasteiger partial charge is 0.256 e. The van der Waals surface area contributed by atoms with Gasteiger partial charge in [-0.05, 0) is 61.2 Å². The maximum Gasteiger partial charge on any atom is 0.256 e. The summed E-state index contributed by atoms with van der Waals surface area (Å²) in [7, 11) is 0. The van der Waals surface area contributed by atoms with E-state index in [4.69, 9.17) is 0 Å². The number of aromatic amines is 1. The van der Waals surface area contributed by atoms with Crippen LogP contribution in [0, 0.1) is 5.92 Å². The quantitative estimate of drug-likeness (QED) is 0.387. The molecule has 7 nitrogen and oxygen atoms in total. The Kier molecular flexibility index (Phi) is 6.08.